The van der Waals surface area contributed by atoms with E-state index in [0.717, 1.165) is 24.1 Å². The van der Waals surface area contributed by atoms with Gasteiger partial charge in [-0.3, -0.25) is 14.4 Å². The van der Waals surface area contributed by atoms with Gasteiger partial charge in [0.15, 0.2) is 11.9 Å². The summed E-state index contributed by atoms with van der Waals surface area (Å²) >= 11 is 0. The number of benzene rings is 3. The van der Waals surface area contributed by atoms with Crippen LogP contribution in [0.25, 0.3) is 0 Å². The third-order valence-electron chi connectivity index (χ3n) is 8.63. The summed E-state index contributed by atoms with van der Waals surface area (Å²) in [4.78, 5) is 39.2. The number of carbonyl (C=O) groups excluding carboxylic acids is 3. The predicted molar refractivity (Wildman–Crippen MR) is 183 cm³/mol. The number of rotatable bonds is 15. The number of esters is 1. The van der Waals surface area contributed by atoms with E-state index in [1.807, 2.05) is 50.2 Å². The van der Waals surface area contributed by atoms with Crippen molar-refractivity contribution in [1.82, 2.24) is 0 Å². The van der Waals surface area contributed by atoms with Crippen molar-refractivity contribution < 1.29 is 23.9 Å². The molecule has 3 aromatic carbocycles. The number of nitrogens with one attached hydrogen (secondary N) is 2. The molecule has 7 nitrogen and oxygen atoms in total. The fourth-order valence-corrected chi connectivity index (χ4v) is 4.90. The zero-order chi connectivity index (χ0) is 33.4. The zero-order valence-corrected chi connectivity index (χ0v) is 28.4. The smallest absolute Gasteiger partial charge is 0.313 e. The largest absolute Gasteiger partial charge is 0.480 e. The van der Waals surface area contributed by atoms with Crippen molar-refractivity contribution in [1.29, 1.82) is 0 Å². The fraction of sp³-hybridized carbons (Fsp3) is 0.447. The molecule has 242 valence electrons. The number of Topliss-reactive ketones (excluding diaryl/α,β-unsaturated/α-hetero) is 1. The standard InChI is InChI=1S/C38H50N2O5/c1-10-37(6,7)26-18-21-33(30(22-26)38(8,9)11-2)45-35(25(4)5)36(43)40-28-19-20-31(39-27-16-14-13-15-17-27)29(23-28)32(41)24-34(42)44-12-3/h13-23,25,35,39H,10-12,24H2,1-9H3,(H,40,43). The van der Waals surface area contributed by atoms with Crippen LogP contribution in [0, 0.1) is 5.92 Å². The van der Waals surface area contributed by atoms with Gasteiger partial charge in [-0.2, -0.15) is 0 Å². The van der Waals surface area contributed by atoms with Gasteiger partial charge in [0.05, 0.1) is 6.61 Å². The average Bonchev–Trinajstić information content (AvgIpc) is 3.00. The van der Waals surface area contributed by atoms with Crippen molar-refractivity contribution >= 4 is 34.7 Å². The molecule has 1 amide bonds. The first kappa shape index (κ1) is 35.4. The molecule has 2 N–H and O–H groups in total. The maximum atomic E-state index is 13.8. The molecular formula is C38H50N2O5. The van der Waals surface area contributed by atoms with Gasteiger partial charge in [0, 0.05) is 28.2 Å². The van der Waals surface area contributed by atoms with Gasteiger partial charge in [0.25, 0.3) is 5.91 Å². The van der Waals surface area contributed by atoms with Crippen LogP contribution in [0.15, 0.2) is 66.7 Å². The summed E-state index contributed by atoms with van der Waals surface area (Å²) in [6, 6.07) is 20.8. The van der Waals surface area contributed by atoms with Gasteiger partial charge in [-0.15, -0.1) is 0 Å². The molecule has 1 atom stereocenters. The highest BCUT2D eigenvalue weighted by Gasteiger charge is 2.31. The minimum atomic E-state index is -0.790. The molecule has 0 bridgehead atoms. The van der Waals surface area contributed by atoms with Gasteiger partial charge in [-0.1, -0.05) is 85.7 Å². The van der Waals surface area contributed by atoms with Crippen molar-refractivity contribution in [2.45, 2.75) is 98.5 Å². The number of para-hydroxylation sites is 1. The van der Waals surface area contributed by atoms with Crippen LogP contribution in [0.3, 0.4) is 0 Å². The Labute approximate surface area is 269 Å². The van der Waals surface area contributed by atoms with Crippen LogP contribution in [0.5, 0.6) is 5.75 Å². The Balaban J connectivity index is 1.94. The minimum absolute atomic E-state index is 0.00980. The number of amides is 1. The van der Waals surface area contributed by atoms with Crippen molar-refractivity contribution in [2.24, 2.45) is 5.92 Å². The molecular weight excluding hydrogens is 564 g/mol. The second-order valence-electron chi connectivity index (χ2n) is 13.1. The molecule has 0 saturated carbocycles. The Morgan fingerprint density at radius 2 is 1.47 bits per heavy atom. The van der Waals surface area contributed by atoms with E-state index in [1.165, 1.54) is 5.56 Å². The second-order valence-corrected chi connectivity index (χ2v) is 13.1. The van der Waals surface area contributed by atoms with E-state index in [2.05, 4.69) is 64.3 Å². The quantitative estimate of drug-likeness (QED) is 0.101. The van der Waals surface area contributed by atoms with E-state index < -0.39 is 24.3 Å². The molecule has 0 aliphatic carbocycles. The fourth-order valence-electron chi connectivity index (χ4n) is 4.90. The van der Waals surface area contributed by atoms with Crippen molar-refractivity contribution in [3.63, 3.8) is 0 Å². The van der Waals surface area contributed by atoms with Crippen LogP contribution in [-0.4, -0.2) is 30.4 Å². The molecule has 0 aliphatic heterocycles. The van der Waals surface area contributed by atoms with Crippen LogP contribution in [0.2, 0.25) is 0 Å². The van der Waals surface area contributed by atoms with Crippen LogP contribution < -0.4 is 15.4 Å². The number of hydrogen-bond acceptors (Lipinski definition) is 6. The van der Waals surface area contributed by atoms with E-state index in [1.54, 1.807) is 25.1 Å². The van der Waals surface area contributed by atoms with Gasteiger partial charge in [0.1, 0.15) is 12.2 Å². The predicted octanol–water partition coefficient (Wildman–Crippen LogP) is 8.98. The Morgan fingerprint density at radius 1 is 0.800 bits per heavy atom. The minimum Gasteiger partial charge on any atom is -0.480 e. The van der Waals surface area contributed by atoms with E-state index >= 15 is 0 Å². The third-order valence-corrected chi connectivity index (χ3v) is 8.63. The summed E-state index contributed by atoms with van der Waals surface area (Å²) in [6.45, 7) is 19.0. The monoisotopic (exact) mass is 614 g/mol. The molecule has 0 saturated heterocycles. The van der Waals surface area contributed by atoms with Crippen molar-refractivity contribution in [3.8, 4) is 5.75 Å². The summed E-state index contributed by atoms with van der Waals surface area (Å²) in [6.07, 6.45) is 0.708. The van der Waals surface area contributed by atoms with Crippen LogP contribution >= 0.6 is 0 Å². The van der Waals surface area contributed by atoms with Gasteiger partial charge in [-0.05, 0) is 78.5 Å². The summed E-state index contributed by atoms with van der Waals surface area (Å²) in [7, 11) is 0. The molecule has 0 aliphatic rings. The summed E-state index contributed by atoms with van der Waals surface area (Å²) < 4.78 is 11.5. The maximum absolute atomic E-state index is 13.8. The Morgan fingerprint density at radius 3 is 2.07 bits per heavy atom. The number of anilines is 3. The Hall–Kier alpha value is -4.13. The highest BCUT2D eigenvalue weighted by molar-refractivity contribution is 6.10. The average molecular weight is 615 g/mol. The lowest BCUT2D eigenvalue weighted by Gasteiger charge is -2.32. The second kappa shape index (κ2) is 15.2. The first-order valence-corrected chi connectivity index (χ1v) is 16.0. The first-order valence-electron chi connectivity index (χ1n) is 16.0. The molecule has 3 aromatic rings. The highest BCUT2D eigenvalue weighted by Crippen LogP contribution is 2.39. The topological polar surface area (TPSA) is 93.7 Å². The molecule has 1 unspecified atom stereocenters. The molecule has 7 heteroatoms. The number of ketones is 1. The van der Waals surface area contributed by atoms with E-state index in [9.17, 15) is 14.4 Å². The molecule has 3 rings (SSSR count). The SMILES string of the molecule is CCOC(=O)CC(=O)c1cc(NC(=O)C(Oc2ccc(C(C)(C)CC)cc2C(C)(C)CC)C(C)C)ccc1Nc1ccccc1. The number of carbonyl (C=O) groups is 3. The molecule has 45 heavy (non-hydrogen) atoms. The molecule has 0 heterocycles. The molecule has 0 radical (unpaired) electrons. The normalized spacial score (nSPS) is 12.4. The molecule has 0 spiro atoms. The summed E-state index contributed by atoms with van der Waals surface area (Å²) in [5.74, 6) is -0.788. The number of hydrogen-bond donors (Lipinski definition) is 2. The molecule has 0 fully saturated rings. The summed E-state index contributed by atoms with van der Waals surface area (Å²) in [5.41, 5.74) is 4.16. The van der Waals surface area contributed by atoms with Gasteiger partial charge in [-0.25, -0.2) is 0 Å². The van der Waals surface area contributed by atoms with Crippen LogP contribution in [0.1, 0.15) is 103 Å². The lowest BCUT2D eigenvalue weighted by atomic mass is 9.76. The molecule has 0 aromatic heterocycles. The Bertz CT molecular complexity index is 1480. The summed E-state index contributed by atoms with van der Waals surface area (Å²) in [5, 5.41) is 6.21. The van der Waals surface area contributed by atoms with Crippen LogP contribution in [-0.2, 0) is 25.2 Å². The lowest BCUT2D eigenvalue weighted by Crippen LogP contribution is -2.38. The van der Waals surface area contributed by atoms with E-state index in [4.69, 9.17) is 9.47 Å². The van der Waals surface area contributed by atoms with Crippen molar-refractivity contribution in [3.05, 3.63) is 83.4 Å². The number of ether oxygens (including phenoxy) is 2. The highest BCUT2D eigenvalue weighted by atomic mass is 16.5. The maximum Gasteiger partial charge on any atom is 0.313 e. The van der Waals surface area contributed by atoms with Crippen molar-refractivity contribution in [2.75, 3.05) is 17.2 Å². The lowest BCUT2D eigenvalue weighted by molar-refractivity contribution is -0.142. The van der Waals surface area contributed by atoms with Gasteiger partial charge in [0.2, 0.25) is 0 Å². The van der Waals surface area contributed by atoms with E-state index in [0.29, 0.717) is 17.1 Å². The Kier molecular flexibility index (Phi) is 12.0. The van der Waals surface area contributed by atoms with E-state index in [-0.39, 0.29) is 34.8 Å². The van der Waals surface area contributed by atoms with Gasteiger partial charge >= 0.3 is 5.97 Å². The zero-order valence-electron chi connectivity index (χ0n) is 28.4. The van der Waals surface area contributed by atoms with Crippen LogP contribution in [0.4, 0.5) is 17.1 Å². The third kappa shape index (κ3) is 9.19. The first-order chi connectivity index (χ1) is 21.2. The van der Waals surface area contributed by atoms with Gasteiger partial charge < -0.3 is 20.1 Å².